The van der Waals surface area contributed by atoms with E-state index in [0.29, 0.717) is 34.1 Å². The molecule has 0 atom stereocenters. The van der Waals surface area contributed by atoms with Gasteiger partial charge in [0, 0.05) is 24.3 Å². The summed E-state index contributed by atoms with van der Waals surface area (Å²) in [5, 5.41) is 2.42. The number of anilines is 1. The van der Waals surface area contributed by atoms with Crippen molar-refractivity contribution in [3.63, 3.8) is 0 Å². The Labute approximate surface area is 118 Å². The van der Waals surface area contributed by atoms with E-state index >= 15 is 0 Å². The fraction of sp³-hybridized carbons (Fsp3) is 0.231. The van der Waals surface area contributed by atoms with Crippen molar-refractivity contribution in [3.05, 3.63) is 34.2 Å². The quantitative estimate of drug-likeness (QED) is 0.795. The predicted octanol–water partition coefficient (Wildman–Crippen LogP) is 1.91. The molecular formula is C13H13N5OS. The molecule has 20 heavy (non-hydrogen) atoms. The third-order valence-electron chi connectivity index (χ3n) is 2.95. The smallest absolute Gasteiger partial charge is 0.281 e. The van der Waals surface area contributed by atoms with Crippen molar-refractivity contribution < 1.29 is 0 Å². The fourth-order valence-electron chi connectivity index (χ4n) is 2.06. The Morgan fingerprint density at radius 3 is 2.90 bits per heavy atom. The molecule has 0 saturated heterocycles. The minimum atomic E-state index is -0.174. The number of nitrogens with two attached hydrogens (primary N) is 1. The summed E-state index contributed by atoms with van der Waals surface area (Å²) in [6.07, 6.45) is 4.07. The molecule has 0 aliphatic heterocycles. The molecule has 102 valence electrons. The molecule has 7 heteroatoms. The molecule has 0 unspecified atom stereocenters. The van der Waals surface area contributed by atoms with Gasteiger partial charge in [-0.25, -0.2) is 15.0 Å². The maximum atomic E-state index is 12.6. The zero-order chi connectivity index (χ0) is 14.1. The van der Waals surface area contributed by atoms with Crippen LogP contribution in [0.5, 0.6) is 0 Å². The summed E-state index contributed by atoms with van der Waals surface area (Å²) in [5.74, 6) is 0. The van der Waals surface area contributed by atoms with E-state index in [1.165, 1.54) is 11.3 Å². The highest BCUT2D eigenvalue weighted by atomic mass is 32.1. The van der Waals surface area contributed by atoms with Gasteiger partial charge in [-0.15, -0.1) is 11.3 Å². The van der Waals surface area contributed by atoms with Crippen LogP contribution in [0, 0.1) is 0 Å². The van der Waals surface area contributed by atoms with Gasteiger partial charge >= 0.3 is 0 Å². The van der Waals surface area contributed by atoms with E-state index in [1.807, 2.05) is 12.3 Å². The molecule has 0 spiro atoms. The minimum Gasteiger partial charge on any atom is -0.397 e. The van der Waals surface area contributed by atoms with E-state index in [2.05, 4.69) is 15.0 Å². The average Bonchev–Trinajstić information content (AvgIpc) is 2.96. The van der Waals surface area contributed by atoms with E-state index in [9.17, 15) is 4.79 Å². The Kier molecular flexibility index (Phi) is 3.19. The number of pyridine rings is 1. The molecule has 0 amide bonds. The van der Waals surface area contributed by atoms with Gasteiger partial charge < -0.3 is 5.73 Å². The number of nitrogen functional groups attached to an aromatic ring is 1. The second-order valence-corrected chi connectivity index (χ2v) is 5.22. The highest BCUT2D eigenvalue weighted by Gasteiger charge is 2.16. The van der Waals surface area contributed by atoms with Crippen molar-refractivity contribution >= 4 is 28.2 Å². The van der Waals surface area contributed by atoms with Crippen molar-refractivity contribution in [2.75, 3.05) is 5.73 Å². The number of rotatable bonds is 3. The van der Waals surface area contributed by atoms with Crippen LogP contribution in [-0.4, -0.2) is 19.5 Å². The third kappa shape index (κ3) is 1.96. The molecule has 3 rings (SSSR count). The lowest BCUT2D eigenvalue weighted by Gasteiger charge is -2.10. The first-order valence-electron chi connectivity index (χ1n) is 6.27. The van der Waals surface area contributed by atoms with Gasteiger partial charge in [0.1, 0.15) is 10.5 Å². The Morgan fingerprint density at radius 2 is 2.20 bits per heavy atom. The van der Waals surface area contributed by atoms with Crippen molar-refractivity contribution in [2.45, 2.75) is 19.9 Å². The predicted molar refractivity (Wildman–Crippen MR) is 79.6 cm³/mol. The number of aryl methyl sites for hydroxylation is 1. The molecule has 0 aromatic carbocycles. The average molecular weight is 287 g/mol. The third-order valence-corrected chi connectivity index (χ3v) is 3.73. The van der Waals surface area contributed by atoms with Crippen molar-refractivity contribution in [1.82, 2.24) is 19.5 Å². The van der Waals surface area contributed by atoms with E-state index in [4.69, 9.17) is 5.73 Å². The van der Waals surface area contributed by atoms with Gasteiger partial charge in [0.2, 0.25) is 0 Å². The Hall–Kier alpha value is -2.28. The molecule has 0 radical (unpaired) electrons. The molecule has 3 aromatic rings. The van der Waals surface area contributed by atoms with Crippen LogP contribution >= 0.6 is 11.3 Å². The van der Waals surface area contributed by atoms with Crippen LogP contribution < -0.4 is 11.3 Å². The number of aromatic nitrogens is 4. The van der Waals surface area contributed by atoms with Gasteiger partial charge in [0.05, 0.1) is 5.69 Å². The second-order valence-electron chi connectivity index (χ2n) is 4.33. The molecule has 0 aliphatic rings. The molecule has 2 N–H and O–H groups in total. The minimum absolute atomic E-state index is 0.174. The monoisotopic (exact) mass is 287 g/mol. The highest BCUT2D eigenvalue weighted by Crippen LogP contribution is 2.21. The lowest BCUT2D eigenvalue weighted by atomic mass is 10.3. The van der Waals surface area contributed by atoms with Crippen LogP contribution in [0.15, 0.2) is 28.6 Å². The van der Waals surface area contributed by atoms with Gasteiger partial charge in [-0.05, 0) is 12.5 Å². The van der Waals surface area contributed by atoms with Gasteiger partial charge in [-0.2, -0.15) is 0 Å². The standard InChI is InChI=1S/C13H13N5OS/c1-2-6-18-11-9(8(14)3-4-15-11)17-10(13(18)19)12-16-5-7-20-12/h3-5,7H,2,6H2,1H3,(H2,14,15). The zero-order valence-corrected chi connectivity index (χ0v) is 11.7. The summed E-state index contributed by atoms with van der Waals surface area (Å²) in [5.41, 5.74) is 7.70. The number of nitrogens with zero attached hydrogens (tertiary/aromatic N) is 4. The van der Waals surface area contributed by atoms with Crippen molar-refractivity contribution in [3.8, 4) is 10.7 Å². The second kappa shape index (κ2) is 5.01. The zero-order valence-electron chi connectivity index (χ0n) is 10.9. The maximum absolute atomic E-state index is 12.6. The molecule has 0 bridgehead atoms. The number of thiazole rings is 1. The summed E-state index contributed by atoms with van der Waals surface area (Å²) < 4.78 is 1.62. The van der Waals surface area contributed by atoms with E-state index in [0.717, 1.165) is 6.42 Å². The summed E-state index contributed by atoms with van der Waals surface area (Å²) in [6, 6.07) is 1.68. The van der Waals surface area contributed by atoms with Gasteiger partial charge in [-0.1, -0.05) is 6.92 Å². The number of hydrogen-bond acceptors (Lipinski definition) is 6. The molecule has 3 aromatic heterocycles. The van der Waals surface area contributed by atoms with Crippen molar-refractivity contribution in [2.24, 2.45) is 0 Å². The molecule has 0 saturated carbocycles. The molecule has 0 aliphatic carbocycles. The van der Waals surface area contributed by atoms with Crippen molar-refractivity contribution in [1.29, 1.82) is 0 Å². The number of fused-ring (bicyclic) bond motifs is 1. The Balaban J connectivity index is 2.40. The van der Waals surface area contributed by atoms with Crippen LogP contribution in [-0.2, 0) is 6.54 Å². The molecule has 0 fully saturated rings. The first-order chi connectivity index (χ1) is 9.72. The van der Waals surface area contributed by atoms with Crippen LogP contribution in [0.2, 0.25) is 0 Å². The first-order valence-corrected chi connectivity index (χ1v) is 7.15. The first kappa shape index (κ1) is 12.7. The topological polar surface area (TPSA) is 86.7 Å². The van der Waals surface area contributed by atoms with Gasteiger partial charge in [-0.3, -0.25) is 9.36 Å². The molecule has 3 heterocycles. The molecule has 6 nitrogen and oxygen atoms in total. The summed E-state index contributed by atoms with van der Waals surface area (Å²) in [7, 11) is 0. The van der Waals surface area contributed by atoms with E-state index in [1.54, 1.807) is 23.0 Å². The fourth-order valence-corrected chi connectivity index (χ4v) is 2.68. The summed E-state index contributed by atoms with van der Waals surface area (Å²) in [6.45, 7) is 2.58. The lowest BCUT2D eigenvalue weighted by Crippen LogP contribution is -2.24. The van der Waals surface area contributed by atoms with Gasteiger partial charge in [0.25, 0.3) is 5.56 Å². The lowest BCUT2D eigenvalue weighted by molar-refractivity contribution is 0.669. The molecular weight excluding hydrogens is 274 g/mol. The van der Waals surface area contributed by atoms with Crippen LogP contribution in [0.4, 0.5) is 5.69 Å². The van der Waals surface area contributed by atoms with E-state index in [-0.39, 0.29) is 5.56 Å². The normalized spacial score (nSPS) is 11.1. The maximum Gasteiger partial charge on any atom is 0.281 e. The largest absolute Gasteiger partial charge is 0.397 e. The Bertz CT molecular complexity index is 809. The Morgan fingerprint density at radius 1 is 1.35 bits per heavy atom. The van der Waals surface area contributed by atoms with E-state index < -0.39 is 0 Å². The SMILES string of the molecule is CCCn1c(=O)c(-c2nccs2)nc2c(N)ccnc21. The van der Waals surface area contributed by atoms with Gasteiger partial charge in [0.15, 0.2) is 11.3 Å². The van der Waals surface area contributed by atoms with Crippen LogP contribution in [0.1, 0.15) is 13.3 Å². The summed E-state index contributed by atoms with van der Waals surface area (Å²) >= 11 is 1.38. The number of hydrogen-bond donors (Lipinski definition) is 1. The van der Waals surface area contributed by atoms with Crippen LogP contribution in [0.25, 0.3) is 21.9 Å². The highest BCUT2D eigenvalue weighted by molar-refractivity contribution is 7.13. The van der Waals surface area contributed by atoms with Crippen LogP contribution in [0.3, 0.4) is 0 Å². The summed E-state index contributed by atoms with van der Waals surface area (Å²) in [4.78, 5) is 25.4.